The maximum absolute atomic E-state index is 12.1. The number of ether oxygens (including phenoxy) is 1. The van der Waals surface area contributed by atoms with Gasteiger partial charge in [0.05, 0.1) is 11.1 Å². The number of carboxylic acids is 1. The number of fused-ring (bicyclic) bond motifs is 2. The van der Waals surface area contributed by atoms with Crippen molar-refractivity contribution < 1.29 is 19.4 Å². The number of hydrogen-bond donors (Lipinski definition) is 1. The van der Waals surface area contributed by atoms with E-state index in [1.807, 2.05) is 0 Å². The molecule has 3 atom stereocenters. The van der Waals surface area contributed by atoms with Gasteiger partial charge in [0, 0.05) is 0 Å². The Kier molecular flexibility index (Phi) is 3.01. The Labute approximate surface area is 111 Å². The summed E-state index contributed by atoms with van der Waals surface area (Å²) in [4.78, 5) is 23.2. The molecule has 0 heterocycles. The monoisotopic (exact) mass is 260 g/mol. The molecule has 2 aliphatic rings. The van der Waals surface area contributed by atoms with E-state index in [1.165, 1.54) is 18.6 Å². The molecule has 19 heavy (non-hydrogen) atoms. The fraction of sp³-hybridized carbons (Fsp3) is 0.467. The van der Waals surface area contributed by atoms with Gasteiger partial charge < -0.3 is 9.84 Å². The summed E-state index contributed by atoms with van der Waals surface area (Å²) in [6, 6.07) is 6.21. The third-order valence-electron chi connectivity index (χ3n) is 4.31. The smallest absolute Gasteiger partial charge is 0.339 e. The van der Waals surface area contributed by atoms with Crippen LogP contribution in [0.25, 0.3) is 0 Å². The van der Waals surface area contributed by atoms with Crippen molar-refractivity contribution in [1.82, 2.24) is 0 Å². The average molecular weight is 260 g/mol. The van der Waals surface area contributed by atoms with Crippen LogP contribution in [0.4, 0.5) is 0 Å². The van der Waals surface area contributed by atoms with Crippen molar-refractivity contribution in [1.29, 1.82) is 0 Å². The van der Waals surface area contributed by atoms with Crippen molar-refractivity contribution in [3.8, 4) is 0 Å². The lowest BCUT2D eigenvalue weighted by Crippen LogP contribution is -2.25. The van der Waals surface area contributed by atoms with Gasteiger partial charge in [-0.3, -0.25) is 0 Å². The number of rotatable bonds is 3. The highest BCUT2D eigenvalue weighted by Gasteiger charge is 2.42. The first-order valence-electron chi connectivity index (χ1n) is 6.68. The molecule has 1 N–H and O–H groups in total. The largest absolute Gasteiger partial charge is 0.478 e. The van der Waals surface area contributed by atoms with Crippen LogP contribution in [0.3, 0.4) is 0 Å². The Bertz CT molecular complexity index is 523. The quantitative estimate of drug-likeness (QED) is 0.849. The fourth-order valence-corrected chi connectivity index (χ4v) is 3.38. The Hall–Kier alpha value is -1.84. The molecule has 2 aliphatic carbocycles. The van der Waals surface area contributed by atoms with E-state index >= 15 is 0 Å². The van der Waals surface area contributed by atoms with E-state index in [1.54, 1.807) is 12.1 Å². The third kappa shape index (κ3) is 2.23. The van der Waals surface area contributed by atoms with E-state index in [2.05, 4.69) is 0 Å². The van der Waals surface area contributed by atoms with Gasteiger partial charge in [0.25, 0.3) is 0 Å². The first-order valence-corrected chi connectivity index (χ1v) is 6.68. The van der Waals surface area contributed by atoms with Gasteiger partial charge in [-0.05, 0) is 49.7 Å². The van der Waals surface area contributed by atoms with Crippen molar-refractivity contribution >= 4 is 11.9 Å². The molecule has 1 aromatic rings. The molecule has 2 saturated carbocycles. The number of aromatic carboxylic acids is 1. The van der Waals surface area contributed by atoms with Crippen molar-refractivity contribution in [3.63, 3.8) is 0 Å². The number of carboxylic acid groups (broad SMARTS) is 1. The molecule has 4 nitrogen and oxygen atoms in total. The molecule has 1 aromatic carbocycles. The van der Waals surface area contributed by atoms with Gasteiger partial charge in [-0.25, -0.2) is 9.59 Å². The Morgan fingerprint density at radius 3 is 2.42 bits per heavy atom. The van der Waals surface area contributed by atoms with E-state index in [0.717, 1.165) is 19.3 Å². The molecule has 100 valence electrons. The van der Waals surface area contributed by atoms with Gasteiger partial charge in [0.2, 0.25) is 0 Å². The number of esters is 1. The van der Waals surface area contributed by atoms with Crippen molar-refractivity contribution in [2.24, 2.45) is 11.8 Å². The van der Waals surface area contributed by atoms with Crippen LogP contribution in [0.5, 0.6) is 0 Å². The van der Waals surface area contributed by atoms with Crippen molar-refractivity contribution in [2.45, 2.75) is 31.8 Å². The highest BCUT2D eigenvalue weighted by atomic mass is 16.5. The zero-order chi connectivity index (χ0) is 13.4. The molecule has 0 radical (unpaired) electrons. The minimum absolute atomic E-state index is 0.00987. The van der Waals surface area contributed by atoms with Crippen LogP contribution in [0.2, 0.25) is 0 Å². The second-order valence-electron chi connectivity index (χ2n) is 5.47. The lowest BCUT2D eigenvalue weighted by Gasteiger charge is -2.22. The zero-order valence-electron chi connectivity index (χ0n) is 10.5. The van der Waals surface area contributed by atoms with Crippen LogP contribution in [0, 0.1) is 11.8 Å². The van der Waals surface area contributed by atoms with E-state index < -0.39 is 11.9 Å². The molecule has 2 fully saturated rings. The summed E-state index contributed by atoms with van der Waals surface area (Å²) in [5.74, 6) is -0.431. The standard InChI is InChI=1S/C15H16O4/c16-14(17)11-3-1-2-4-12(11)15(18)19-13-8-9-5-6-10(13)7-9/h1-4,9-10,13H,5-8H2,(H,16,17). The highest BCUT2D eigenvalue weighted by Crippen LogP contribution is 2.46. The maximum Gasteiger partial charge on any atom is 0.339 e. The second-order valence-corrected chi connectivity index (χ2v) is 5.47. The fourth-order valence-electron chi connectivity index (χ4n) is 3.38. The maximum atomic E-state index is 12.1. The first-order chi connectivity index (χ1) is 9.15. The van der Waals surface area contributed by atoms with Crippen LogP contribution in [-0.2, 0) is 4.74 Å². The van der Waals surface area contributed by atoms with Gasteiger partial charge in [-0.15, -0.1) is 0 Å². The summed E-state index contributed by atoms with van der Waals surface area (Å²) in [7, 11) is 0. The SMILES string of the molecule is O=C(O)c1ccccc1C(=O)OC1CC2CCC1C2. The molecule has 2 bridgehead atoms. The van der Waals surface area contributed by atoms with Crippen LogP contribution in [-0.4, -0.2) is 23.1 Å². The van der Waals surface area contributed by atoms with Crippen LogP contribution in [0.1, 0.15) is 46.4 Å². The van der Waals surface area contributed by atoms with E-state index in [0.29, 0.717) is 11.8 Å². The van der Waals surface area contributed by atoms with E-state index in [4.69, 9.17) is 9.84 Å². The zero-order valence-corrected chi connectivity index (χ0v) is 10.5. The minimum atomic E-state index is -1.10. The van der Waals surface area contributed by atoms with Crippen LogP contribution >= 0.6 is 0 Å². The van der Waals surface area contributed by atoms with Crippen molar-refractivity contribution in [3.05, 3.63) is 35.4 Å². The Balaban J connectivity index is 1.76. The molecular weight excluding hydrogens is 244 g/mol. The highest BCUT2D eigenvalue weighted by molar-refractivity contribution is 6.02. The van der Waals surface area contributed by atoms with E-state index in [9.17, 15) is 9.59 Å². The number of carbonyl (C=O) groups excluding carboxylic acids is 1. The van der Waals surface area contributed by atoms with Crippen LogP contribution in [0.15, 0.2) is 24.3 Å². The van der Waals surface area contributed by atoms with Gasteiger partial charge >= 0.3 is 11.9 Å². The van der Waals surface area contributed by atoms with E-state index in [-0.39, 0.29) is 17.2 Å². The summed E-state index contributed by atoms with van der Waals surface area (Å²) in [5.41, 5.74) is 0.161. The Morgan fingerprint density at radius 1 is 1.11 bits per heavy atom. The molecular formula is C15H16O4. The van der Waals surface area contributed by atoms with Gasteiger partial charge in [0.1, 0.15) is 6.10 Å². The lowest BCUT2D eigenvalue weighted by atomic mass is 9.97. The number of benzene rings is 1. The molecule has 0 spiro atoms. The first kappa shape index (κ1) is 12.2. The second kappa shape index (κ2) is 4.68. The summed E-state index contributed by atoms with van der Waals surface area (Å²) in [6.07, 6.45) is 4.44. The molecule has 4 heteroatoms. The Morgan fingerprint density at radius 2 is 1.84 bits per heavy atom. The lowest BCUT2D eigenvalue weighted by molar-refractivity contribution is 0.0154. The predicted molar refractivity (Wildman–Crippen MR) is 68.1 cm³/mol. The number of carbonyl (C=O) groups is 2. The summed E-state index contributed by atoms with van der Waals surface area (Å²) in [6.45, 7) is 0. The van der Waals surface area contributed by atoms with Crippen molar-refractivity contribution in [2.75, 3.05) is 0 Å². The molecule has 3 unspecified atom stereocenters. The molecule has 0 aliphatic heterocycles. The average Bonchev–Trinajstić information content (AvgIpc) is 3.01. The summed E-state index contributed by atoms with van der Waals surface area (Å²) in [5, 5.41) is 9.07. The summed E-state index contributed by atoms with van der Waals surface area (Å²) < 4.78 is 5.52. The molecule has 0 saturated heterocycles. The molecule has 3 rings (SSSR count). The summed E-state index contributed by atoms with van der Waals surface area (Å²) >= 11 is 0. The topological polar surface area (TPSA) is 63.6 Å². The minimum Gasteiger partial charge on any atom is -0.478 e. The third-order valence-corrected chi connectivity index (χ3v) is 4.31. The normalized spacial score (nSPS) is 28.3. The number of hydrogen-bond acceptors (Lipinski definition) is 3. The van der Waals surface area contributed by atoms with Gasteiger partial charge in [-0.1, -0.05) is 12.1 Å². The molecule has 0 aromatic heterocycles. The van der Waals surface area contributed by atoms with Gasteiger partial charge in [-0.2, -0.15) is 0 Å². The van der Waals surface area contributed by atoms with Crippen LogP contribution < -0.4 is 0 Å². The molecule has 0 amide bonds. The predicted octanol–water partition coefficient (Wildman–Crippen LogP) is 2.73. The van der Waals surface area contributed by atoms with Gasteiger partial charge in [0.15, 0.2) is 0 Å².